The smallest absolute Gasteiger partial charge is 0.394 e. The second-order valence-corrected chi connectivity index (χ2v) is 75.7. The van der Waals surface area contributed by atoms with E-state index in [4.69, 9.17) is 227 Å². The van der Waals surface area contributed by atoms with Gasteiger partial charge in [0.15, 0.2) is 0 Å². The summed E-state index contributed by atoms with van der Waals surface area (Å²) in [5.41, 5.74) is 0. The first-order valence-corrected chi connectivity index (χ1v) is 78.2. The van der Waals surface area contributed by atoms with Gasteiger partial charge in [0.2, 0.25) is 0 Å². The van der Waals surface area contributed by atoms with Crippen molar-refractivity contribution in [3.05, 3.63) is 0 Å². The van der Waals surface area contributed by atoms with Crippen molar-refractivity contribution in [2.75, 3.05) is 185 Å². The van der Waals surface area contributed by atoms with Crippen LogP contribution in [0.5, 0.6) is 0 Å². The van der Waals surface area contributed by atoms with E-state index in [2.05, 4.69) is 94.7 Å². The molecule has 0 spiro atoms. The third-order valence-corrected chi connectivity index (χ3v) is 57.0. The zero-order valence-corrected chi connectivity index (χ0v) is 96.9. The molecule has 0 saturated carbocycles. The van der Waals surface area contributed by atoms with E-state index in [1.807, 2.05) is 78.6 Å². The zero-order chi connectivity index (χ0) is 102. The van der Waals surface area contributed by atoms with E-state index in [-0.39, 0.29) is 185 Å². The third-order valence-electron chi connectivity index (χ3n) is 21.1. The van der Waals surface area contributed by atoms with Crippen LogP contribution in [0.15, 0.2) is 0 Å². The maximum Gasteiger partial charge on any atom is 0.679 e. The minimum Gasteiger partial charge on any atom is -0.394 e. The molecule has 0 fully saturated rings. The lowest BCUT2D eigenvalue weighted by Gasteiger charge is -2.33. The molecule has 0 aromatic heterocycles. The molecule has 0 heterocycles. The monoisotopic (exact) mass is 2120 g/mol. The SMILES string of the molecule is C#CCO[Si](C)(CCCO[Si](C)(CCCO[Si](OCCC[Si](C)(OCCC[Si](C)(OCC#C)OCC#C)OCCC[Si](C)(OCC#C)OCC#C)(OCCC[Si](C)(OCCC[Si](C)(OCC#C)OCC#C)OCCC[Si](C)(OCC#C)OCC#C)OCCC[Si](C)(OCCC[Si](C)(OCC#C)OCC#C)OCCC[Si](C)(OCC#C)OCC#C)OCCC[Si](C)(OCC#C)OCC#C)OCC#C. The van der Waals surface area contributed by atoms with Crippen LogP contribution in [0.2, 0.25) is 151 Å². The van der Waals surface area contributed by atoms with E-state index >= 15 is 0 Å². The predicted molar refractivity (Wildman–Crippen MR) is 566 cm³/mol. The largest absolute Gasteiger partial charge is 0.679 e. The molecule has 0 unspecified atom stereocenters. The molecule has 0 rings (SSSR count). The van der Waals surface area contributed by atoms with Gasteiger partial charge in [0.1, 0.15) is 0 Å². The summed E-state index contributed by atoms with van der Waals surface area (Å²) in [4.78, 5) is 0. The first kappa shape index (κ1) is 132. The summed E-state index contributed by atoms with van der Waals surface area (Å²) in [6.07, 6.45) is 96.6. The van der Waals surface area contributed by atoms with E-state index in [0.717, 1.165) is 0 Å². The molecule has 137 heavy (non-hydrogen) atoms. The van der Waals surface area contributed by atoms with Crippen LogP contribution in [0, 0.1) is 198 Å². The average Bonchev–Trinajstić information content (AvgIpc) is 0.850. The van der Waals surface area contributed by atoms with Gasteiger partial charge in [-0.3, -0.25) is 0 Å². The van der Waals surface area contributed by atoms with Crippen LogP contribution < -0.4 is 0 Å². The van der Waals surface area contributed by atoms with Gasteiger partial charge in [-0.2, -0.15) is 0 Å². The van der Waals surface area contributed by atoms with E-state index in [9.17, 15) is 0 Å². The molecule has 0 aliphatic heterocycles. The number of hydrogen-bond acceptors (Lipinski definition) is 28. The molecule has 0 N–H and O–H groups in total. The second-order valence-electron chi connectivity index (χ2n) is 33.4. The Balaban J connectivity index is 9.06. The van der Waals surface area contributed by atoms with Crippen molar-refractivity contribution in [1.82, 2.24) is 0 Å². The van der Waals surface area contributed by atoms with Gasteiger partial charge in [-0.05, 0) is 228 Å². The lowest BCUT2D eigenvalue weighted by Crippen LogP contribution is -2.51. The molecule has 0 atom stereocenters. The van der Waals surface area contributed by atoms with Crippen LogP contribution in [0.3, 0.4) is 0 Å². The minimum absolute atomic E-state index is 0.0391. The fraction of sp³-hybridized carbons (Fsp3) is 0.667. The highest BCUT2D eigenvalue weighted by Gasteiger charge is 2.49. The Morgan fingerprint density at radius 3 is 0.270 bits per heavy atom. The average molecular weight is 2120 g/mol. The van der Waals surface area contributed by atoms with Crippen molar-refractivity contribution in [2.45, 2.75) is 228 Å². The first-order chi connectivity index (χ1) is 65.5. The highest BCUT2D eigenvalue weighted by molar-refractivity contribution is 6.70. The summed E-state index contributed by atoms with van der Waals surface area (Å²) < 4.78 is 183. The van der Waals surface area contributed by atoms with Gasteiger partial charge in [-0.25, -0.2) is 0 Å². The van der Waals surface area contributed by atoms with Crippen molar-refractivity contribution in [1.29, 1.82) is 0 Å². The molecule has 0 saturated heterocycles. The lowest BCUT2D eigenvalue weighted by molar-refractivity contribution is -0.0359. The maximum absolute atomic E-state index is 7.26. The molecule has 0 aliphatic carbocycles. The summed E-state index contributed by atoms with van der Waals surface area (Å²) in [5.74, 6) is 41.0. The Morgan fingerprint density at radius 1 is 0.117 bits per heavy atom. The number of terminal acetylenes is 16. The molecular weight excluding hydrogens is 1970 g/mol. The topological polar surface area (TPSA) is 258 Å². The van der Waals surface area contributed by atoms with Crippen molar-refractivity contribution in [2.24, 2.45) is 0 Å². The minimum atomic E-state index is -4.45. The molecule has 0 amide bonds. The summed E-state index contributed by atoms with van der Waals surface area (Å²) in [6, 6.07) is 5.85. The Kier molecular flexibility index (Phi) is 74.2. The normalized spacial score (nSPS) is 12.4. The van der Waals surface area contributed by atoms with Crippen molar-refractivity contribution in [3.63, 3.8) is 0 Å². The summed E-state index contributed by atoms with van der Waals surface area (Å²) in [6.45, 7) is 26.9. The van der Waals surface area contributed by atoms with Crippen LogP contribution in [0.4, 0.5) is 0 Å². The van der Waals surface area contributed by atoms with E-state index in [0.29, 0.717) is 150 Å². The molecule has 0 radical (unpaired) electrons. The zero-order valence-electron chi connectivity index (χ0n) is 83.9. The fourth-order valence-corrected chi connectivity index (χ4v) is 40.2. The summed E-state index contributed by atoms with van der Waals surface area (Å²) in [7, 11) is -40.1. The summed E-state index contributed by atoms with van der Waals surface area (Å²) in [5, 5.41) is 0. The predicted octanol–water partition coefficient (Wildman–Crippen LogP) is 13.6. The standard InChI is InChI=1S/C96H156O28Si13/c1-29-57-97-125(17,98-58-30-2)85-45-73-113-133(25,114-74-46-86-126(18,99-59-31-3)100-60-32-4)93-53-81-121-137(122-82-54-94-134(26,115-75-47-87-127(19,101-61-33-5)102-62-34-6)116-76-48-88-128(20,103-63-35-7)104-64-36-8,123-83-55-95-135(27,117-77-49-89-129(21,105-65-37-9)106-66-38-10)118-78-50-90-130(22,107-67-39-11)108-68-40-12)124-84-56-96-136(28,119-79-51-91-131(23,109-69-41-13)110-70-42-14)120-80-52-92-132(24,111-71-43-15)112-72-44-16/h1-16H,45-96H2,17-28H3. The Hall–Kier alpha value is -5.34. The van der Waals surface area contributed by atoms with Crippen molar-refractivity contribution >= 4 is 112 Å². The highest BCUT2D eigenvalue weighted by atomic mass is 28.4. The molecule has 0 bridgehead atoms. The van der Waals surface area contributed by atoms with Crippen LogP contribution >= 0.6 is 0 Å². The Morgan fingerprint density at radius 2 is 0.190 bits per heavy atom. The van der Waals surface area contributed by atoms with Gasteiger partial charge >= 0.3 is 112 Å². The number of hydrogen-bond donors (Lipinski definition) is 0. The quantitative estimate of drug-likeness (QED) is 0.0311. The lowest BCUT2D eigenvalue weighted by atomic mass is 10.5. The molecular formula is C96H156O28Si13. The highest BCUT2D eigenvalue weighted by Crippen LogP contribution is 2.31. The molecule has 28 nitrogen and oxygen atoms in total. The molecule has 0 aliphatic rings. The van der Waals surface area contributed by atoms with Crippen molar-refractivity contribution < 1.29 is 124 Å². The first-order valence-electron chi connectivity index (χ1n) is 46.3. The van der Waals surface area contributed by atoms with Crippen LogP contribution in [0.1, 0.15) is 77.0 Å². The third kappa shape index (κ3) is 64.8. The Labute approximate surface area is 840 Å². The number of rotatable bonds is 92. The Bertz CT molecular complexity index is 3170. The molecule has 0 aromatic rings. The van der Waals surface area contributed by atoms with Gasteiger partial charge < -0.3 is 124 Å². The van der Waals surface area contributed by atoms with E-state index in [1.165, 1.54) is 0 Å². The molecule has 41 heteroatoms. The van der Waals surface area contributed by atoms with Gasteiger partial charge in [0, 0.05) is 79.3 Å². The molecule has 0 aromatic carbocycles. The molecule has 760 valence electrons. The van der Waals surface area contributed by atoms with Gasteiger partial charge in [-0.15, -0.1) is 103 Å². The van der Waals surface area contributed by atoms with Crippen LogP contribution in [-0.2, 0) is 124 Å². The van der Waals surface area contributed by atoms with Crippen LogP contribution in [-0.4, -0.2) is 297 Å². The van der Waals surface area contributed by atoms with E-state index in [1.54, 1.807) is 0 Å². The van der Waals surface area contributed by atoms with E-state index < -0.39 is 112 Å². The second kappa shape index (κ2) is 77.2. The summed E-state index contributed by atoms with van der Waals surface area (Å²) >= 11 is 0. The fourth-order valence-electron chi connectivity index (χ4n) is 13.4. The van der Waals surface area contributed by atoms with Gasteiger partial charge in [-0.1, -0.05) is 94.7 Å². The van der Waals surface area contributed by atoms with Crippen LogP contribution in [0.25, 0.3) is 0 Å². The van der Waals surface area contributed by atoms with Gasteiger partial charge in [0.25, 0.3) is 0 Å². The maximum atomic E-state index is 7.26. The van der Waals surface area contributed by atoms with Crippen molar-refractivity contribution in [3.8, 4) is 198 Å². The van der Waals surface area contributed by atoms with Gasteiger partial charge in [0.05, 0.1) is 106 Å².